The van der Waals surface area contributed by atoms with Gasteiger partial charge in [0, 0.05) is 29.1 Å². The molecule has 1 unspecified atom stereocenters. The van der Waals surface area contributed by atoms with E-state index in [1.54, 1.807) is 6.20 Å². The molecule has 0 bridgehead atoms. The smallest absolute Gasteiger partial charge is 0.256 e. The van der Waals surface area contributed by atoms with Crippen molar-refractivity contribution in [1.29, 1.82) is 0 Å². The monoisotopic (exact) mass is 389 g/mol. The molecule has 2 aromatic rings. The number of fused-ring (bicyclic) bond motifs is 1. The third kappa shape index (κ3) is 3.75. The molecule has 1 heterocycles. The molecule has 0 saturated carbocycles. The molecule has 0 amide bonds. The summed E-state index contributed by atoms with van der Waals surface area (Å²) >= 11 is 0. The Balaban J connectivity index is 2.13. The first-order valence-electron chi connectivity index (χ1n) is 9.32. The van der Waals surface area contributed by atoms with E-state index in [1.807, 2.05) is 24.3 Å². The minimum atomic E-state index is -4.10. The van der Waals surface area contributed by atoms with Crippen molar-refractivity contribution in [2.75, 3.05) is 0 Å². The molecule has 0 aliphatic heterocycles. The number of allylic oxidation sites excluding steroid dienone is 4. The van der Waals surface area contributed by atoms with Crippen LogP contribution >= 0.6 is 0 Å². The molecule has 0 spiro atoms. The fourth-order valence-corrected chi connectivity index (χ4v) is 8.17. The Morgan fingerprint density at radius 3 is 2.33 bits per heavy atom. The van der Waals surface area contributed by atoms with Gasteiger partial charge in [0.05, 0.1) is 13.6 Å². The van der Waals surface area contributed by atoms with Crippen molar-refractivity contribution in [1.82, 2.24) is 4.98 Å². The van der Waals surface area contributed by atoms with Gasteiger partial charge in [-0.2, -0.15) is 13.2 Å². The molecule has 1 aliphatic carbocycles. The standard InChI is InChI=1S/C22H26F3NSi/c1-14-15(2)19(18-10-6-8-17-9-7-12-26-20(17)18)21(16(14)3)27(4,5)13-11-22(23,24)25/h6-10,12,21H,11,13H2,1-5H3. The summed E-state index contributed by atoms with van der Waals surface area (Å²) < 4.78 is 38.8. The van der Waals surface area contributed by atoms with Crippen LogP contribution in [0.2, 0.25) is 24.7 Å². The molecule has 1 aliphatic rings. The van der Waals surface area contributed by atoms with Crippen LogP contribution in [0.25, 0.3) is 16.5 Å². The number of alkyl halides is 3. The van der Waals surface area contributed by atoms with E-state index in [-0.39, 0.29) is 11.6 Å². The van der Waals surface area contributed by atoms with Gasteiger partial charge in [0.15, 0.2) is 0 Å². The highest BCUT2D eigenvalue weighted by molar-refractivity contribution is 6.81. The van der Waals surface area contributed by atoms with Crippen LogP contribution in [0.15, 0.2) is 53.2 Å². The number of rotatable bonds is 4. The van der Waals surface area contributed by atoms with Crippen molar-refractivity contribution in [3.63, 3.8) is 0 Å². The molecular weight excluding hydrogens is 363 g/mol. The molecule has 1 atom stereocenters. The third-order valence-corrected chi connectivity index (χ3v) is 9.86. The minimum Gasteiger partial charge on any atom is -0.256 e. The molecule has 144 valence electrons. The number of para-hydroxylation sites is 1. The highest BCUT2D eigenvalue weighted by Gasteiger charge is 2.43. The molecule has 1 aromatic heterocycles. The number of hydrogen-bond acceptors (Lipinski definition) is 1. The number of aromatic nitrogens is 1. The van der Waals surface area contributed by atoms with Gasteiger partial charge in [-0.15, -0.1) is 0 Å². The maximum atomic E-state index is 12.9. The summed E-state index contributed by atoms with van der Waals surface area (Å²) in [6, 6.07) is 10.3. The van der Waals surface area contributed by atoms with Crippen LogP contribution in [-0.4, -0.2) is 19.2 Å². The van der Waals surface area contributed by atoms with Crippen LogP contribution in [0.5, 0.6) is 0 Å². The topological polar surface area (TPSA) is 12.9 Å². The third-order valence-electron chi connectivity index (χ3n) is 6.04. The van der Waals surface area contributed by atoms with E-state index in [1.165, 1.54) is 22.3 Å². The minimum absolute atomic E-state index is 0.0902. The van der Waals surface area contributed by atoms with E-state index in [4.69, 9.17) is 0 Å². The van der Waals surface area contributed by atoms with Gasteiger partial charge < -0.3 is 0 Å². The summed E-state index contributed by atoms with van der Waals surface area (Å²) in [6.45, 7) is 10.5. The second-order valence-corrected chi connectivity index (χ2v) is 13.3. The normalized spacial score (nSPS) is 18.7. The first kappa shape index (κ1) is 19.9. The second-order valence-electron chi connectivity index (χ2n) is 8.26. The van der Waals surface area contributed by atoms with E-state index in [9.17, 15) is 13.2 Å². The lowest BCUT2D eigenvalue weighted by Gasteiger charge is -2.34. The molecule has 0 N–H and O–H groups in total. The Morgan fingerprint density at radius 2 is 1.67 bits per heavy atom. The Hall–Kier alpha value is -1.88. The zero-order chi connectivity index (χ0) is 20.0. The van der Waals surface area contributed by atoms with Gasteiger partial charge in [0.25, 0.3) is 0 Å². The van der Waals surface area contributed by atoms with E-state index in [0.29, 0.717) is 0 Å². The van der Waals surface area contributed by atoms with E-state index < -0.39 is 20.7 Å². The number of halogens is 3. The molecule has 1 nitrogen and oxygen atoms in total. The summed E-state index contributed by atoms with van der Waals surface area (Å²) in [5.41, 5.74) is 6.93. The molecular formula is C22H26F3NSi. The van der Waals surface area contributed by atoms with Crippen LogP contribution in [-0.2, 0) is 0 Å². The van der Waals surface area contributed by atoms with Crippen molar-refractivity contribution in [3.8, 4) is 0 Å². The lowest BCUT2D eigenvalue weighted by atomic mass is 9.97. The first-order chi connectivity index (χ1) is 12.5. The fraction of sp³-hybridized carbons (Fsp3) is 0.409. The van der Waals surface area contributed by atoms with Gasteiger partial charge in [-0.3, -0.25) is 4.98 Å². The second kappa shape index (κ2) is 6.93. The SMILES string of the molecule is CC1=C(C)C([Si](C)(C)CCC(F)(F)F)C(c2cccc3cccnc23)=C1C. The molecule has 27 heavy (non-hydrogen) atoms. The van der Waals surface area contributed by atoms with Crippen LogP contribution in [0.1, 0.15) is 32.8 Å². The lowest BCUT2D eigenvalue weighted by molar-refractivity contribution is -0.130. The molecule has 1 aromatic carbocycles. The number of pyridine rings is 1. The fourth-order valence-electron chi connectivity index (χ4n) is 4.41. The van der Waals surface area contributed by atoms with Crippen molar-refractivity contribution in [2.24, 2.45) is 0 Å². The summed E-state index contributed by atoms with van der Waals surface area (Å²) in [4.78, 5) is 4.59. The predicted octanol–water partition coefficient (Wildman–Crippen LogP) is 7.39. The van der Waals surface area contributed by atoms with Crippen LogP contribution in [0.4, 0.5) is 13.2 Å². The van der Waals surface area contributed by atoms with Crippen LogP contribution in [0, 0.1) is 0 Å². The van der Waals surface area contributed by atoms with Gasteiger partial charge in [-0.05, 0) is 49.6 Å². The van der Waals surface area contributed by atoms with Crippen LogP contribution in [0.3, 0.4) is 0 Å². The van der Waals surface area contributed by atoms with Crippen molar-refractivity contribution < 1.29 is 13.2 Å². The summed E-state index contributed by atoms with van der Waals surface area (Å²) in [5, 5.41) is 1.06. The Kier molecular flexibility index (Phi) is 5.10. The van der Waals surface area contributed by atoms with Gasteiger partial charge in [0.1, 0.15) is 0 Å². The molecule has 5 heteroatoms. The van der Waals surface area contributed by atoms with E-state index >= 15 is 0 Å². The van der Waals surface area contributed by atoms with Crippen LogP contribution < -0.4 is 0 Å². The van der Waals surface area contributed by atoms with Gasteiger partial charge in [-0.25, -0.2) is 0 Å². The van der Waals surface area contributed by atoms with E-state index in [0.717, 1.165) is 16.5 Å². The first-order valence-corrected chi connectivity index (χ1v) is 12.6. The van der Waals surface area contributed by atoms with Gasteiger partial charge in [0.2, 0.25) is 0 Å². The average Bonchev–Trinajstić information content (AvgIpc) is 2.84. The number of hydrogen-bond donors (Lipinski definition) is 0. The number of benzene rings is 1. The predicted molar refractivity (Wildman–Crippen MR) is 109 cm³/mol. The van der Waals surface area contributed by atoms with Crippen molar-refractivity contribution >= 4 is 24.5 Å². The quantitative estimate of drug-likeness (QED) is 0.497. The average molecular weight is 390 g/mol. The zero-order valence-electron chi connectivity index (χ0n) is 16.5. The van der Waals surface area contributed by atoms with Crippen molar-refractivity contribution in [2.45, 2.75) is 58.0 Å². The Morgan fingerprint density at radius 1 is 1.00 bits per heavy atom. The van der Waals surface area contributed by atoms with Gasteiger partial charge >= 0.3 is 6.18 Å². The Labute approximate surface area is 160 Å². The zero-order valence-corrected chi connectivity index (χ0v) is 17.5. The van der Waals surface area contributed by atoms with Crippen molar-refractivity contribution in [3.05, 3.63) is 58.8 Å². The molecule has 0 fully saturated rings. The molecule has 0 radical (unpaired) electrons. The summed E-state index contributed by atoms with van der Waals surface area (Å²) in [5.74, 6) is 0. The number of nitrogens with zero attached hydrogens (tertiary/aromatic N) is 1. The highest BCUT2D eigenvalue weighted by atomic mass is 28.3. The summed E-state index contributed by atoms with van der Waals surface area (Å²) in [6.07, 6.45) is -3.02. The van der Waals surface area contributed by atoms with E-state index in [2.05, 4.69) is 44.9 Å². The molecule has 3 rings (SSSR count). The Bertz CT molecular complexity index is 933. The summed E-state index contributed by atoms with van der Waals surface area (Å²) in [7, 11) is -2.22. The largest absolute Gasteiger partial charge is 0.388 e. The van der Waals surface area contributed by atoms with Gasteiger partial charge in [-0.1, -0.05) is 42.9 Å². The molecule has 0 saturated heterocycles. The maximum Gasteiger partial charge on any atom is 0.388 e. The lowest BCUT2D eigenvalue weighted by Crippen LogP contribution is -2.34. The highest BCUT2D eigenvalue weighted by Crippen LogP contribution is 2.53. The maximum absolute atomic E-state index is 12.9.